The van der Waals surface area contributed by atoms with Gasteiger partial charge in [-0.05, 0) is 62.0 Å². The maximum atomic E-state index is 11.5. The Morgan fingerprint density at radius 1 is 1.25 bits per heavy atom. The summed E-state index contributed by atoms with van der Waals surface area (Å²) in [5.74, 6) is 0. The summed E-state index contributed by atoms with van der Waals surface area (Å²) < 4.78 is 5.81. The van der Waals surface area contributed by atoms with Crippen molar-refractivity contribution in [2.45, 2.75) is 45.6 Å². The van der Waals surface area contributed by atoms with Gasteiger partial charge in [0.2, 0.25) is 0 Å². The van der Waals surface area contributed by atoms with Crippen molar-refractivity contribution in [3.63, 3.8) is 0 Å². The van der Waals surface area contributed by atoms with E-state index >= 15 is 0 Å². The lowest BCUT2D eigenvalue weighted by Crippen LogP contribution is -2.33. The van der Waals surface area contributed by atoms with E-state index < -0.39 is 16.6 Å². The minimum atomic E-state index is -0.494. The molecular weight excluding hydrogens is 378 g/mol. The van der Waals surface area contributed by atoms with Gasteiger partial charge in [0.25, 0.3) is 5.69 Å². The van der Waals surface area contributed by atoms with Crippen LogP contribution < -0.4 is 10.6 Å². The number of ether oxygens (including phenoxy) is 1. The maximum absolute atomic E-state index is 11.5. The van der Waals surface area contributed by atoms with Gasteiger partial charge in [-0.1, -0.05) is 6.07 Å². The van der Waals surface area contributed by atoms with Crippen molar-refractivity contribution in [1.29, 1.82) is 0 Å². The van der Waals surface area contributed by atoms with Gasteiger partial charge in [-0.25, -0.2) is 4.79 Å². The summed E-state index contributed by atoms with van der Waals surface area (Å²) >= 11 is 3.32. The van der Waals surface area contributed by atoms with E-state index in [1.54, 1.807) is 12.1 Å². The van der Waals surface area contributed by atoms with Crippen LogP contribution in [0.25, 0.3) is 0 Å². The van der Waals surface area contributed by atoms with Gasteiger partial charge >= 0.3 is 6.09 Å². The highest BCUT2D eigenvalue weighted by atomic mass is 79.9. The van der Waals surface area contributed by atoms with Crippen molar-refractivity contribution in [2.24, 2.45) is 0 Å². The molecule has 2 N–H and O–H groups in total. The van der Waals surface area contributed by atoms with Gasteiger partial charge in [0.05, 0.1) is 4.92 Å². The molecule has 1 aromatic rings. The number of nitro groups is 1. The van der Waals surface area contributed by atoms with E-state index in [1.165, 1.54) is 6.07 Å². The Morgan fingerprint density at radius 3 is 2.54 bits per heavy atom. The zero-order valence-corrected chi connectivity index (χ0v) is 15.8. The lowest BCUT2D eigenvalue weighted by atomic mass is 10.2. The predicted molar refractivity (Wildman–Crippen MR) is 97.4 cm³/mol. The monoisotopic (exact) mass is 401 g/mol. The van der Waals surface area contributed by atoms with Crippen molar-refractivity contribution < 1.29 is 14.5 Å². The number of alkyl carbamates (subject to hydrolysis) is 1. The van der Waals surface area contributed by atoms with E-state index in [9.17, 15) is 14.9 Å². The molecule has 1 rings (SSSR count). The van der Waals surface area contributed by atoms with Gasteiger partial charge in [0.15, 0.2) is 0 Å². The molecule has 0 radical (unpaired) electrons. The first-order chi connectivity index (χ1) is 11.2. The summed E-state index contributed by atoms with van der Waals surface area (Å²) in [6, 6.07) is 4.87. The summed E-state index contributed by atoms with van der Waals surface area (Å²) in [7, 11) is 0. The third kappa shape index (κ3) is 7.63. The van der Waals surface area contributed by atoms with Crippen molar-refractivity contribution >= 4 is 33.4 Å². The second-order valence-electron chi connectivity index (χ2n) is 6.31. The van der Waals surface area contributed by atoms with E-state index in [1.807, 2.05) is 20.8 Å². The predicted octanol–water partition coefficient (Wildman–Crippen LogP) is 4.46. The Morgan fingerprint density at radius 2 is 1.92 bits per heavy atom. The first kappa shape index (κ1) is 20.2. The molecule has 0 atom stereocenters. The standard InChI is InChI=1S/C16H24BrN3O4/c1-16(2,3)24-15(21)19-11-6-4-5-10-18-14-12(17)8-7-9-13(14)20(22)23/h7-9,18H,4-6,10-11H2,1-3H3,(H,19,21). The third-order valence-electron chi connectivity index (χ3n) is 3.01. The Balaban J connectivity index is 2.24. The van der Waals surface area contributed by atoms with E-state index in [-0.39, 0.29) is 5.69 Å². The molecule has 0 heterocycles. The SMILES string of the molecule is CC(C)(C)OC(=O)NCCCCCNc1c(Br)cccc1[N+](=O)[O-]. The van der Waals surface area contributed by atoms with Crippen molar-refractivity contribution in [1.82, 2.24) is 5.32 Å². The lowest BCUT2D eigenvalue weighted by Gasteiger charge is -2.19. The highest BCUT2D eigenvalue weighted by Crippen LogP contribution is 2.32. The van der Waals surface area contributed by atoms with E-state index in [2.05, 4.69) is 26.6 Å². The topological polar surface area (TPSA) is 93.5 Å². The largest absolute Gasteiger partial charge is 0.444 e. The minimum absolute atomic E-state index is 0.0518. The van der Waals surface area contributed by atoms with Crippen LogP contribution >= 0.6 is 15.9 Å². The van der Waals surface area contributed by atoms with Gasteiger partial charge in [-0.2, -0.15) is 0 Å². The molecular formula is C16H24BrN3O4. The number of nitro benzene ring substituents is 1. The summed E-state index contributed by atoms with van der Waals surface area (Å²) in [6.45, 7) is 6.62. The molecule has 134 valence electrons. The first-order valence-corrected chi connectivity index (χ1v) is 8.63. The van der Waals surface area contributed by atoms with E-state index in [0.717, 1.165) is 19.3 Å². The van der Waals surface area contributed by atoms with Crippen LogP contribution in [0, 0.1) is 10.1 Å². The fourth-order valence-electron chi connectivity index (χ4n) is 1.98. The number of hydrogen-bond acceptors (Lipinski definition) is 5. The Kier molecular flexibility index (Phi) is 7.97. The summed E-state index contributed by atoms with van der Waals surface area (Å²) in [6.07, 6.45) is 2.14. The summed E-state index contributed by atoms with van der Waals surface area (Å²) in [5, 5.41) is 16.8. The number of carbonyl (C=O) groups is 1. The van der Waals surface area contributed by atoms with Crippen LogP contribution in [0.1, 0.15) is 40.0 Å². The van der Waals surface area contributed by atoms with Gasteiger partial charge < -0.3 is 15.4 Å². The Bertz CT molecular complexity index is 573. The number of rotatable bonds is 8. The Hall–Kier alpha value is -1.83. The third-order valence-corrected chi connectivity index (χ3v) is 3.67. The average molecular weight is 402 g/mol. The van der Waals surface area contributed by atoms with Crippen molar-refractivity contribution in [2.75, 3.05) is 18.4 Å². The zero-order valence-electron chi connectivity index (χ0n) is 14.2. The van der Waals surface area contributed by atoms with Crippen molar-refractivity contribution in [3.8, 4) is 0 Å². The normalized spacial score (nSPS) is 11.0. The number of amides is 1. The lowest BCUT2D eigenvalue weighted by molar-refractivity contribution is -0.384. The molecule has 0 aliphatic carbocycles. The summed E-state index contributed by atoms with van der Waals surface area (Å²) in [5.41, 5.74) is 0.0524. The number of nitrogens with one attached hydrogen (secondary N) is 2. The van der Waals surface area contributed by atoms with Crippen LogP contribution in [0.4, 0.5) is 16.2 Å². The molecule has 0 bridgehead atoms. The van der Waals surface area contributed by atoms with Crippen LogP contribution in [-0.4, -0.2) is 29.7 Å². The first-order valence-electron chi connectivity index (χ1n) is 7.84. The second-order valence-corrected chi connectivity index (χ2v) is 7.16. The molecule has 0 spiro atoms. The highest BCUT2D eigenvalue weighted by Gasteiger charge is 2.16. The van der Waals surface area contributed by atoms with Gasteiger partial charge in [0, 0.05) is 23.6 Å². The molecule has 7 nitrogen and oxygen atoms in total. The molecule has 24 heavy (non-hydrogen) atoms. The number of carbonyl (C=O) groups excluding carboxylic acids is 1. The van der Waals surface area contributed by atoms with Gasteiger partial charge in [0.1, 0.15) is 11.3 Å². The Labute approximate surface area is 150 Å². The number of hydrogen-bond donors (Lipinski definition) is 2. The fraction of sp³-hybridized carbons (Fsp3) is 0.562. The van der Waals surface area contributed by atoms with Gasteiger partial charge in [-0.3, -0.25) is 10.1 Å². The highest BCUT2D eigenvalue weighted by molar-refractivity contribution is 9.10. The van der Waals surface area contributed by atoms with Gasteiger partial charge in [-0.15, -0.1) is 0 Å². The summed E-state index contributed by atoms with van der Waals surface area (Å²) in [4.78, 5) is 22.1. The van der Waals surface area contributed by atoms with Crippen LogP contribution in [0.3, 0.4) is 0 Å². The molecule has 1 amide bonds. The molecule has 0 saturated carbocycles. The minimum Gasteiger partial charge on any atom is -0.444 e. The van der Waals surface area contributed by atoms with Crippen LogP contribution in [0.15, 0.2) is 22.7 Å². The molecule has 0 aromatic heterocycles. The number of unbranched alkanes of at least 4 members (excludes halogenated alkanes) is 2. The number of halogens is 1. The smallest absolute Gasteiger partial charge is 0.407 e. The second kappa shape index (κ2) is 9.46. The van der Waals surface area contributed by atoms with Crippen LogP contribution in [0.2, 0.25) is 0 Å². The maximum Gasteiger partial charge on any atom is 0.407 e. The van der Waals surface area contributed by atoms with E-state index in [0.29, 0.717) is 23.2 Å². The fourth-order valence-corrected chi connectivity index (χ4v) is 2.48. The number of para-hydroxylation sites is 1. The average Bonchev–Trinajstić information content (AvgIpc) is 2.45. The molecule has 8 heteroatoms. The molecule has 0 saturated heterocycles. The van der Waals surface area contributed by atoms with Crippen LogP contribution in [-0.2, 0) is 4.74 Å². The van der Waals surface area contributed by atoms with Crippen LogP contribution in [0.5, 0.6) is 0 Å². The zero-order chi connectivity index (χ0) is 18.2. The quantitative estimate of drug-likeness (QED) is 0.380. The number of anilines is 1. The molecule has 0 unspecified atom stereocenters. The molecule has 0 aliphatic rings. The molecule has 0 aliphatic heterocycles. The molecule has 0 fully saturated rings. The molecule has 1 aromatic carbocycles. The number of benzene rings is 1. The van der Waals surface area contributed by atoms with Crippen molar-refractivity contribution in [3.05, 3.63) is 32.8 Å². The van der Waals surface area contributed by atoms with E-state index in [4.69, 9.17) is 4.74 Å². The number of nitrogens with zero attached hydrogens (tertiary/aromatic N) is 1.